The van der Waals surface area contributed by atoms with Crippen molar-refractivity contribution in [3.63, 3.8) is 0 Å². The number of amides is 1. The van der Waals surface area contributed by atoms with Gasteiger partial charge in [0.1, 0.15) is 0 Å². The predicted molar refractivity (Wildman–Crippen MR) is 77.3 cm³/mol. The van der Waals surface area contributed by atoms with Crippen LogP contribution in [-0.4, -0.2) is 5.91 Å². The van der Waals surface area contributed by atoms with E-state index in [4.69, 9.17) is 5.73 Å². The van der Waals surface area contributed by atoms with Crippen molar-refractivity contribution in [2.24, 2.45) is 0 Å². The van der Waals surface area contributed by atoms with Crippen molar-refractivity contribution in [2.45, 2.75) is 19.3 Å². The van der Waals surface area contributed by atoms with Gasteiger partial charge in [0.25, 0.3) is 5.91 Å². The standard InChI is InChI=1S/C16H16N2O/c17-14-6-2-5-13(9-14)16(19)18-15-8-7-11-3-1-4-12(11)10-15/h2,5-10H,1,3-4,17H2,(H,18,19). The molecule has 1 aliphatic carbocycles. The van der Waals surface area contributed by atoms with Crippen LogP contribution in [0.15, 0.2) is 42.5 Å². The molecule has 3 N–H and O–H groups in total. The normalized spacial score (nSPS) is 13.1. The summed E-state index contributed by atoms with van der Waals surface area (Å²) in [5.41, 5.74) is 10.5. The SMILES string of the molecule is Nc1cccc(C(=O)Nc2ccc3c(c2)CCC3)c1. The second-order valence-corrected chi connectivity index (χ2v) is 4.92. The van der Waals surface area contributed by atoms with Crippen LogP contribution in [-0.2, 0) is 12.8 Å². The van der Waals surface area contributed by atoms with Crippen molar-refractivity contribution in [2.75, 3.05) is 11.1 Å². The summed E-state index contributed by atoms with van der Waals surface area (Å²) in [6, 6.07) is 13.2. The van der Waals surface area contributed by atoms with Gasteiger partial charge < -0.3 is 11.1 Å². The number of hydrogen-bond donors (Lipinski definition) is 2. The summed E-state index contributed by atoms with van der Waals surface area (Å²) in [7, 11) is 0. The molecule has 0 bridgehead atoms. The summed E-state index contributed by atoms with van der Waals surface area (Å²) >= 11 is 0. The summed E-state index contributed by atoms with van der Waals surface area (Å²) in [5.74, 6) is -0.120. The van der Waals surface area contributed by atoms with E-state index in [2.05, 4.69) is 17.4 Å². The second kappa shape index (κ2) is 4.76. The van der Waals surface area contributed by atoms with Gasteiger partial charge in [0.05, 0.1) is 0 Å². The molecule has 0 aliphatic heterocycles. The van der Waals surface area contributed by atoms with Crippen LogP contribution < -0.4 is 11.1 Å². The Morgan fingerprint density at radius 1 is 1.05 bits per heavy atom. The Balaban J connectivity index is 1.80. The Kier molecular flexibility index (Phi) is 2.95. The maximum absolute atomic E-state index is 12.1. The molecule has 96 valence electrons. The number of benzene rings is 2. The smallest absolute Gasteiger partial charge is 0.255 e. The molecule has 0 fully saturated rings. The van der Waals surface area contributed by atoms with Crippen LogP contribution in [0, 0.1) is 0 Å². The number of anilines is 2. The average Bonchev–Trinajstić information content (AvgIpc) is 2.86. The van der Waals surface area contributed by atoms with Crippen molar-refractivity contribution in [3.05, 3.63) is 59.2 Å². The lowest BCUT2D eigenvalue weighted by atomic mass is 10.1. The maximum atomic E-state index is 12.1. The first-order valence-corrected chi connectivity index (χ1v) is 6.51. The first kappa shape index (κ1) is 11.8. The van der Waals surface area contributed by atoms with Gasteiger partial charge in [-0.3, -0.25) is 4.79 Å². The number of rotatable bonds is 2. The first-order chi connectivity index (χ1) is 9.22. The minimum Gasteiger partial charge on any atom is -0.399 e. The Morgan fingerprint density at radius 3 is 2.74 bits per heavy atom. The lowest BCUT2D eigenvalue weighted by molar-refractivity contribution is 0.102. The van der Waals surface area contributed by atoms with E-state index >= 15 is 0 Å². The number of carbonyl (C=O) groups excluding carboxylic acids is 1. The number of nitrogen functional groups attached to an aromatic ring is 1. The molecule has 2 aromatic rings. The largest absolute Gasteiger partial charge is 0.399 e. The van der Waals surface area contributed by atoms with E-state index in [1.54, 1.807) is 24.3 Å². The molecule has 0 saturated heterocycles. The van der Waals surface area contributed by atoms with Crippen molar-refractivity contribution < 1.29 is 4.79 Å². The van der Waals surface area contributed by atoms with E-state index in [-0.39, 0.29) is 5.91 Å². The summed E-state index contributed by atoms with van der Waals surface area (Å²) in [4.78, 5) is 12.1. The van der Waals surface area contributed by atoms with Gasteiger partial charge in [0, 0.05) is 16.9 Å². The number of nitrogens with one attached hydrogen (secondary N) is 1. The zero-order valence-electron chi connectivity index (χ0n) is 10.6. The van der Waals surface area contributed by atoms with Gasteiger partial charge in [0.2, 0.25) is 0 Å². The highest BCUT2D eigenvalue weighted by molar-refractivity contribution is 6.04. The van der Waals surface area contributed by atoms with E-state index in [0.717, 1.165) is 18.5 Å². The fourth-order valence-electron chi connectivity index (χ4n) is 2.53. The third-order valence-electron chi connectivity index (χ3n) is 3.51. The molecule has 1 amide bonds. The molecular formula is C16H16N2O. The zero-order valence-corrected chi connectivity index (χ0v) is 10.6. The number of aryl methyl sites for hydroxylation is 2. The van der Waals surface area contributed by atoms with Crippen molar-refractivity contribution in [1.29, 1.82) is 0 Å². The maximum Gasteiger partial charge on any atom is 0.255 e. The Morgan fingerprint density at radius 2 is 1.89 bits per heavy atom. The quantitative estimate of drug-likeness (QED) is 0.807. The molecule has 0 spiro atoms. The fourth-order valence-corrected chi connectivity index (χ4v) is 2.53. The van der Waals surface area contributed by atoms with E-state index in [9.17, 15) is 4.79 Å². The summed E-state index contributed by atoms with van der Waals surface area (Å²) in [6.45, 7) is 0. The van der Waals surface area contributed by atoms with Gasteiger partial charge in [-0.05, 0) is 60.7 Å². The van der Waals surface area contributed by atoms with Crippen LogP contribution in [0.1, 0.15) is 27.9 Å². The van der Waals surface area contributed by atoms with Crippen LogP contribution in [0.5, 0.6) is 0 Å². The fraction of sp³-hybridized carbons (Fsp3) is 0.188. The monoisotopic (exact) mass is 252 g/mol. The van der Waals surface area contributed by atoms with Gasteiger partial charge in [-0.2, -0.15) is 0 Å². The number of fused-ring (bicyclic) bond motifs is 1. The first-order valence-electron chi connectivity index (χ1n) is 6.51. The number of hydrogen-bond acceptors (Lipinski definition) is 2. The van der Waals surface area contributed by atoms with Crippen LogP contribution in [0.4, 0.5) is 11.4 Å². The lowest BCUT2D eigenvalue weighted by Crippen LogP contribution is -2.12. The lowest BCUT2D eigenvalue weighted by Gasteiger charge is -2.08. The molecule has 0 aromatic heterocycles. The van der Waals surface area contributed by atoms with Crippen molar-refractivity contribution in [1.82, 2.24) is 0 Å². The molecule has 3 nitrogen and oxygen atoms in total. The molecule has 0 radical (unpaired) electrons. The Bertz CT molecular complexity index is 634. The van der Waals surface area contributed by atoms with Crippen molar-refractivity contribution in [3.8, 4) is 0 Å². The Hall–Kier alpha value is -2.29. The van der Waals surface area contributed by atoms with E-state index < -0.39 is 0 Å². The molecule has 0 unspecified atom stereocenters. The molecule has 1 aliphatic rings. The summed E-state index contributed by atoms with van der Waals surface area (Å²) < 4.78 is 0. The highest BCUT2D eigenvalue weighted by Crippen LogP contribution is 2.25. The third kappa shape index (κ3) is 2.45. The van der Waals surface area contributed by atoms with Gasteiger partial charge in [-0.1, -0.05) is 12.1 Å². The van der Waals surface area contributed by atoms with E-state index in [1.165, 1.54) is 17.5 Å². The molecule has 0 heterocycles. The number of nitrogens with two attached hydrogens (primary N) is 1. The zero-order chi connectivity index (χ0) is 13.2. The molecule has 3 heteroatoms. The topological polar surface area (TPSA) is 55.1 Å². The van der Waals surface area contributed by atoms with Gasteiger partial charge >= 0.3 is 0 Å². The van der Waals surface area contributed by atoms with Crippen LogP contribution in [0.25, 0.3) is 0 Å². The Labute approximate surface area is 112 Å². The van der Waals surface area contributed by atoms with E-state index in [1.807, 2.05) is 6.07 Å². The van der Waals surface area contributed by atoms with Gasteiger partial charge in [0.15, 0.2) is 0 Å². The van der Waals surface area contributed by atoms with Crippen LogP contribution in [0.3, 0.4) is 0 Å². The predicted octanol–water partition coefficient (Wildman–Crippen LogP) is 3.01. The molecule has 2 aromatic carbocycles. The highest BCUT2D eigenvalue weighted by Gasteiger charge is 2.12. The van der Waals surface area contributed by atoms with Crippen LogP contribution >= 0.6 is 0 Å². The molecule has 0 saturated carbocycles. The molecule has 19 heavy (non-hydrogen) atoms. The van der Waals surface area contributed by atoms with E-state index in [0.29, 0.717) is 11.3 Å². The third-order valence-corrected chi connectivity index (χ3v) is 3.51. The number of carbonyl (C=O) groups is 1. The molecule has 0 atom stereocenters. The molecule has 3 rings (SSSR count). The molecular weight excluding hydrogens is 236 g/mol. The minimum atomic E-state index is -0.120. The second-order valence-electron chi connectivity index (χ2n) is 4.92. The highest BCUT2D eigenvalue weighted by atomic mass is 16.1. The van der Waals surface area contributed by atoms with Crippen LogP contribution in [0.2, 0.25) is 0 Å². The van der Waals surface area contributed by atoms with Gasteiger partial charge in [-0.25, -0.2) is 0 Å². The van der Waals surface area contributed by atoms with Gasteiger partial charge in [-0.15, -0.1) is 0 Å². The minimum absolute atomic E-state index is 0.120. The summed E-state index contributed by atoms with van der Waals surface area (Å²) in [5, 5.41) is 2.92. The van der Waals surface area contributed by atoms with Crippen molar-refractivity contribution >= 4 is 17.3 Å². The summed E-state index contributed by atoms with van der Waals surface area (Å²) in [6.07, 6.45) is 3.47. The average molecular weight is 252 g/mol.